The Balaban J connectivity index is 2.70. The van der Waals surface area contributed by atoms with Gasteiger partial charge in [-0.2, -0.15) is 5.10 Å². The molecule has 0 aliphatic carbocycles. The first-order valence-electron chi connectivity index (χ1n) is 4.37. The quantitative estimate of drug-likeness (QED) is 0.771. The summed E-state index contributed by atoms with van der Waals surface area (Å²) in [7, 11) is -3.14. The van der Waals surface area contributed by atoms with Crippen LogP contribution in [0.2, 0.25) is 0 Å². The molecule has 0 bridgehead atoms. The van der Waals surface area contributed by atoms with E-state index in [0.29, 0.717) is 6.54 Å². The van der Waals surface area contributed by atoms with Crippen LogP contribution in [0.25, 0.3) is 0 Å². The first-order valence-corrected chi connectivity index (χ1v) is 6.27. The molecule has 1 atom stereocenters. The summed E-state index contributed by atoms with van der Waals surface area (Å²) in [6.45, 7) is 2.55. The SMILES string of the molecule is CC(N)CCn1cc(S(C)(=O)=O)cn1. The number of aromatic nitrogens is 2. The van der Waals surface area contributed by atoms with Crippen molar-refractivity contribution in [2.75, 3.05) is 6.26 Å². The van der Waals surface area contributed by atoms with Crippen molar-refractivity contribution in [3.8, 4) is 0 Å². The maximum Gasteiger partial charge on any atom is 0.178 e. The smallest absolute Gasteiger partial charge is 0.178 e. The normalized spacial score (nSPS) is 14.2. The van der Waals surface area contributed by atoms with E-state index in [1.54, 1.807) is 4.68 Å². The summed E-state index contributed by atoms with van der Waals surface area (Å²) in [5.41, 5.74) is 5.57. The van der Waals surface area contributed by atoms with Crippen molar-refractivity contribution >= 4 is 9.84 Å². The van der Waals surface area contributed by atoms with Crippen LogP contribution in [-0.2, 0) is 16.4 Å². The maximum atomic E-state index is 11.1. The molecule has 5 nitrogen and oxygen atoms in total. The molecule has 1 aromatic heterocycles. The van der Waals surface area contributed by atoms with Crippen molar-refractivity contribution in [1.82, 2.24) is 9.78 Å². The zero-order chi connectivity index (χ0) is 10.8. The Morgan fingerprint density at radius 1 is 1.64 bits per heavy atom. The Hall–Kier alpha value is -0.880. The van der Waals surface area contributed by atoms with Gasteiger partial charge in [-0.05, 0) is 13.3 Å². The minimum Gasteiger partial charge on any atom is -0.328 e. The van der Waals surface area contributed by atoms with Crippen LogP contribution in [0.4, 0.5) is 0 Å². The van der Waals surface area contributed by atoms with Crippen molar-refractivity contribution in [2.45, 2.75) is 30.8 Å². The zero-order valence-electron chi connectivity index (χ0n) is 8.34. The van der Waals surface area contributed by atoms with E-state index in [4.69, 9.17) is 5.73 Å². The Labute approximate surface area is 83.8 Å². The number of hydrogen-bond acceptors (Lipinski definition) is 4. The molecule has 0 aliphatic heterocycles. The molecular formula is C8H15N3O2S. The van der Waals surface area contributed by atoms with Crippen molar-refractivity contribution in [3.63, 3.8) is 0 Å². The molecule has 0 saturated heterocycles. The molecule has 6 heteroatoms. The predicted molar refractivity (Wildman–Crippen MR) is 53.6 cm³/mol. The molecular weight excluding hydrogens is 202 g/mol. The van der Waals surface area contributed by atoms with E-state index in [-0.39, 0.29) is 10.9 Å². The van der Waals surface area contributed by atoms with E-state index in [1.165, 1.54) is 18.6 Å². The van der Waals surface area contributed by atoms with Crippen LogP contribution in [0, 0.1) is 0 Å². The number of rotatable bonds is 4. The Bertz CT molecular complexity index is 394. The third-order valence-corrected chi connectivity index (χ3v) is 2.92. The Morgan fingerprint density at radius 3 is 2.71 bits per heavy atom. The van der Waals surface area contributed by atoms with Gasteiger partial charge in [0.15, 0.2) is 9.84 Å². The topological polar surface area (TPSA) is 78.0 Å². The molecule has 0 saturated carbocycles. The molecule has 1 aromatic rings. The lowest BCUT2D eigenvalue weighted by Crippen LogP contribution is -2.17. The van der Waals surface area contributed by atoms with Gasteiger partial charge in [-0.25, -0.2) is 8.42 Å². The first kappa shape index (κ1) is 11.2. The largest absolute Gasteiger partial charge is 0.328 e. The Morgan fingerprint density at radius 2 is 2.29 bits per heavy atom. The monoisotopic (exact) mass is 217 g/mol. The lowest BCUT2D eigenvalue weighted by atomic mass is 10.2. The fraction of sp³-hybridized carbons (Fsp3) is 0.625. The molecule has 0 fully saturated rings. The van der Waals surface area contributed by atoms with Crippen molar-refractivity contribution in [2.24, 2.45) is 5.73 Å². The minimum atomic E-state index is -3.14. The van der Waals surface area contributed by atoms with Crippen molar-refractivity contribution in [1.29, 1.82) is 0 Å². The van der Waals surface area contributed by atoms with Gasteiger partial charge in [0.25, 0.3) is 0 Å². The average Bonchev–Trinajstić information content (AvgIpc) is 2.47. The molecule has 0 aromatic carbocycles. The number of sulfone groups is 1. The predicted octanol–water partition coefficient (Wildman–Crippen LogP) is 0.0239. The highest BCUT2D eigenvalue weighted by atomic mass is 32.2. The van der Waals surface area contributed by atoms with Gasteiger partial charge in [-0.1, -0.05) is 0 Å². The van der Waals surface area contributed by atoms with Gasteiger partial charge in [0.1, 0.15) is 4.90 Å². The maximum absolute atomic E-state index is 11.1. The number of aryl methyl sites for hydroxylation is 1. The molecule has 0 spiro atoms. The van der Waals surface area contributed by atoms with Gasteiger partial charge in [-0.3, -0.25) is 4.68 Å². The molecule has 2 N–H and O–H groups in total. The molecule has 0 amide bonds. The second kappa shape index (κ2) is 4.10. The summed E-state index contributed by atoms with van der Waals surface area (Å²) < 4.78 is 23.8. The summed E-state index contributed by atoms with van der Waals surface area (Å²) in [4.78, 5) is 0.252. The Kier molecular flexibility index (Phi) is 3.28. The van der Waals surface area contributed by atoms with E-state index < -0.39 is 9.84 Å². The first-order chi connectivity index (χ1) is 6.39. The van der Waals surface area contributed by atoms with Gasteiger partial charge < -0.3 is 5.73 Å². The van der Waals surface area contributed by atoms with Gasteiger partial charge >= 0.3 is 0 Å². The molecule has 1 rings (SSSR count). The van der Waals surface area contributed by atoms with Gasteiger partial charge in [0.2, 0.25) is 0 Å². The van der Waals surface area contributed by atoms with Crippen LogP contribution in [-0.4, -0.2) is 30.5 Å². The highest BCUT2D eigenvalue weighted by Crippen LogP contribution is 2.06. The van der Waals surface area contributed by atoms with E-state index in [9.17, 15) is 8.42 Å². The third-order valence-electron chi connectivity index (χ3n) is 1.85. The fourth-order valence-electron chi connectivity index (χ4n) is 0.994. The molecule has 80 valence electrons. The van der Waals surface area contributed by atoms with Gasteiger partial charge in [0.05, 0.1) is 6.20 Å². The van der Waals surface area contributed by atoms with E-state index in [0.717, 1.165) is 6.42 Å². The molecule has 0 aliphatic rings. The van der Waals surface area contributed by atoms with Gasteiger partial charge in [0, 0.05) is 25.0 Å². The van der Waals surface area contributed by atoms with Crippen LogP contribution in [0.15, 0.2) is 17.3 Å². The zero-order valence-corrected chi connectivity index (χ0v) is 9.16. The minimum absolute atomic E-state index is 0.0980. The highest BCUT2D eigenvalue weighted by Gasteiger charge is 2.09. The lowest BCUT2D eigenvalue weighted by molar-refractivity contribution is 0.529. The van der Waals surface area contributed by atoms with Crippen molar-refractivity contribution < 1.29 is 8.42 Å². The van der Waals surface area contributed by atoms with Crippen LogP contribution >= 0.6 is 0 Å². The summed E-state index contributed by atoms with van der Waals surface area (Å²) in [5.74, 6) is 0. The molecule has 0 radical (unpaired) electrons. The number of nitrogens with zero attached hydrogens (tertiary/aromatic N) is 2. The lowest BCUT2D eigenvalue weighted by Gasteiger charge is -2.03. The second-order valence-electron chi connectivity index (χ2n) is 3.48. The molecule has 1 unspecified atom stereocenters. The van der Waals surface area contributed by atoms with E-state index in [1.807, 2.05) is 6.92 Å². The van der Waals surface area contributed by atoms with Crippen LogP contribution in [0.1, 0.15) is 13.3 Å². The van der Waals surface area contributed by atoms with Gasteiger partial charge in [-0.15, -0.1) is 0 Å². The van der Waals surface area contributed by atoms with E-state index >= 15 is 0 Å². The van der Waals surface area contributed by atoms with E-state index in [2.05, 4.69) is 5.10 Å². The third kappa shape index (κ3) is 3.12. The fourth-order valence-corrected chi connectivity index (χ4v) is 1.55. The average molecular weight is 217 g/mol. The highest BCUT2D eigenvalue weighted by molar-refractivity contribution is 7.90. The number of nitrogens with two attached hydrogens (primary N) is 1. The summed E-state index contributed by atoms with van der Waals surface area (Å²) in [6, 6.07) is 0.0980. The van der Waals surface area contributed by atoms with Crippen LogP contribution in [0.5, 0.6) is 0 Å². The standard InChI is InChI=1S/C8H15N3O2S/c1-7(9)3-4-11-6-8(5-10-11)14(2,12)13/h5-7H,3-4,9H2,1-2H3. The molecule has 1 heterocycles. The second-order valence-corrected chi connectivity index (χ2v) is 5.49. The van der Waals surface area contributed by atoms with Crippen LogP contribution in [0.3, 0.4) is 0 Å². The summed E-state index contributed by atoms with van der Waals surface area (Å²) >= 11 is 0. The summed E-state index contributed by atoms with van der Waals surface area (Å²) in [5, 5.41) is 3.94. The van der Waals surface area contributed by atoms with Crippen molar-refractivity contribution in [3.05, 3.63) is 12.4 Å². The molecule has 14 heavy (non-hydrogen) atoms. The number of hydrogen-bond donors (Lipinski definition) is 1. The summed E-state index contributed by atoms with van der Waals surface area (Å²) in [6.07, 6.45) is 4.83. The van der Waals surface area contributed by atoms with Crippen LogP contribution < -0.4 is 5.73 Å².